The number of nitrogens with two attached hydrogens (primary N) is 1. The fourth-order valence-electron chi connectivity index (χ4n) is 1.41. The van der Waals surface area contributed by atoms with Crippen molar-refractivity contribution in [1.82, 2.24) is 0 Å². The Balaban J connectivity index is 3.04. The maximum atomic E-state index is 11.1. The lowest BCUT2D eigenvalue weighted by Gasteiger charge is -2.15. The Labute approximate surface area is 108 Å². The molecule has 0 saturated carbocycles. The third kappa shape index (κ3) is 3.34. The van der Waals surface area contributed by atoms with Crippen LogP contribution in [-0.2, 0) is 9.53 Å². The van der Waals surface area contributed by atoms with Gasteiger partial charge in [-0.05, 0) is 12.1 Å². The van der Waals surface area contributed by atoms with Gasteiger partial charge in [0.1, 0.15) is 0 Å². The zero-order chi connectivity index (χ0) is 13.0. The molecule has 0 amide bonds. The molecule has 1 aromatic rings. The predicted molar refractivity (Wildman–Crippen MR) is 65.9 cm³/mol. The van der Waals surface area contributed by atoms with Crippen LogP contribution in [0.2, 0.25) is 0 Å². The number of phenolic OH excluding ortho intramolecular Hbond substituents is 1. The van der Waals surface area contributed by atoms with Crippen LogP contribution in [0, 0.1) is 0 Å². The Morgan fingerprint density at radius 2 is 2.18 bits per heavy atom. The van der Waals surface area contributed by atoms with Crippen molar-refractivity contribution in [1.29, 1.82) is 0 Å². The van der Waals surface area contributed by atoms with E-state index < -0.39 is 12.0 Å². The summed E-state index contributed by atoms with van der Waals surface area (Å²) in [5, 5.41) is 9.89. The van der Waals surface area contributed by atoms with Crippen LogP contribution in [0.3, 0.4) is 0 Å². The molecule has 3 N–H and O–H groups in total. The number of benzene rings is 1. The Hall–Kier alpha value is -1.27. The van der Waals surface area contributed by atoms with Gasteiger partial charge < -0.3 is 20.3 Å². The van der Waals surface area contributed by atoms with Crippen LogP contribution < -0.4 is 10.5 Å². The van der Waals surface area contributed by atoms with Crippen LogP contribution in [0.4, 0.5) is 0 Å². The van der Waals surface area contributed by atoms with Gasteiger partial charge in [0.2, 0.25) is 0 Å². The highest BCUT2D eigenvalue weighted by Crippen LogP contribution is 2.37. The van der Waals surface area contributed by atoms with E-state index in [0.29, 0.717) is 15.8 Å². The first kappa shape index (κ1) is 13.8. The number of carbonyl (C=O) groups excluding carboxylic acids is 1. The molecule has 94 valence electrons. The monoisotopic (exact) mass is 303 g/mol. The van der Waals surface area contributed by atoms with Crippen LogP contribution in [0.25, 0.3) is 0 Å². The molecule has 17 heavy (non-hydrogen) atoms. The van der Waals surface area contributed by atoms with Gasteiger partial charge in [0.25, 0.3) is 0 Å². The average molecular weight is 304 g/mol. The second-order valence-electron chi connectivity index (χ2n) is 3.43. The van der Waals surface area contributed by atoms with Crippen molar-refractivity contribution < 1.29 is 19.4 Å². The highest BCUT2D eigenvalue weighted by molar-refractivity contribution is 9.10. The minimum Gasteiger partial charge on any atom is -0.504 e. The molecule has 0 unspecified atom stereocenters. The molecule has 0 spiro atoms. The van der Waals surface area contributed by atoms with Crippen molar-refractivity contribution in [2.24, 2.45) is 5.73 Å². The maximum absolute atomic E-state index is 11.1. The van der Waals surface area contributed by atoms with Gasteiger partial charge in [-0.1, -0.05) is 15.9 Å². The smallest absolute Gasteiger partial charge is 0.307 e. The summed E-state index contributed by atoms with van der Waals surface area (Å²) in [7, 11) is 2.73. The SMILES string of the molecule is COC(=O)C[C@H](N)c1cc(Br)cc(OC)c1O. The number of phenols is 1. The fraction of sp³-hybridized carbons (Fsp3) is 0.364. The van der Waals surface area contributed by atoms with Gasteiger partial charge in [-0.25, -0.2) is 0 Å². The first-order chi connectivity index (χ1) is 7.99. The number of carbonyl (C=O) groups is 1. The molecule has 0 aromatic heterocycles. The molecule has 0 aliphatic heterocycles. The summed E-state index contributed by atoms with van der Waals surface area (Å²) in [5.74, 6) is -0.197. The minimum absolute atomic E-state index is 0.0103. The number of hydrogen-bond donors (Lipinski definition) is 2. The number of methoxy groups -OCH3 is 2. The molecule has 0 heterocycles. The van der Waals surface area contributed by atoms with Gasteiger partial charge in [0.05, 0.1) is 20.6 Å². The number of ether oxygens (including phenoxy) is 2. The minimum atomic E-state index is -0.645. The standard InChI is InChI=1S/C11H14BrNO4/c1-16-9-4-6(12)3-7(11(9)15)8(13)5-10(14)17-2/h3-4,8,15H,5,13H2,1-2H3/t8-/m0/s1. The number of esters is 1. The largest absolute Gasteiger partial charge is 0.504 e. The van der Waals surface area contributed by atoms with Crippen molar-refractivity contribution >= 4 is 21.9 Å². The van der Waals surface area contributed by atoms with E-state index in [0.717, 1.165) is 0 Å². The third-order valence-electron chi connectivity index (χ3n) is 2.30. The fourth-order valence-corrected chi connectivity index (χ4v) is 1.86. The molecule has 6 heteroatoms. The molecule has 0 bridgehead atoms. The lowest BCUT2D eigenvalue weighted by Crippen LogP contribution is -2.16. The molecule has 0 fully saturated rings. The topological polar surface area (TPSA) is 81.8 Å². The lowest BCUT2D eigenvalue weighted by molar-refractivity contribution is -0.141. The number of halogens is 1. The Morgan fingerprint density at radius 1 is 1.53 bits per heavy atom. The summed E-state index contributed by atoms with van der Waals surface area (Å²) in [4.78, 5) is 11.1. The van der Waals surface area contributed by atoms with Crippen molar-refractivity contribution in [3.8, 4) is 11.5 Å². The Bertz CT molecular complexity index is 422. The molecular formula is C11H14BrNO4. The second-order valence-corrected chi connectivity index (χ2v) is 4.35. The highest BCUT2D eigenvalue weighted by atomic mass is 79.9. The average Bonchev–Trinajstić information content (AvgIpc) is 2.31. The van der Waals surface area contributed by atoms with Gasteiger partial charge in [-0.15, -0.1) is 0 Å². The van der Waals surface area contributed by atoms with Crippen LogP contribution in [0.5, 0.6) is 11.5 Å². The van der Waals surface area contributed by atoms with Gasteiger partial charge in [-0.2, -0.15) is 0 Å². The van der Waals surface area contributed by atoms with Gasteiger partial charge >= 0.3 is 5.97 Å². The molecule has 0 aliphatic carbocycles. The Kier molecular flexibility index (Phi) is 4.77. The summed E-state index contributed by atoms with van der Waals surface area (Å²) in [5.41, 5.74) is 6.26. The molecule has 5 nitrogen and oxygen atoms in total. The van der Waals surface area contributed by atoms with E-state index in [1.54, 1.807) is 12.1 Å². The van der Waals surface area contributed by atoms with E-state index in [-0.39, 0.29) is 12.2 Å². The Morgan fingerprint density at radius 3 is 2.71 bits per heavy atom. The van der Waals surface area contributed by atoms with Crippen molar-refractivity contribution in [2.45, 2.75) is 12.5 Å². The zero-order valence-electron chi connectivity index (χ0n) is 9.57. The highest BCUT2D eigenvalue weighted by Gasteiger charge is 2.19. The maximum Gasteiger partial charge on any atom is 0.307 e. The first-order valence-corrected chi connectivity index (χ1v) is 5.67. The summed E-state index contributed by atoms with van der Waals surface area (Å²) >= 11 is 3.28. The molecule has 0 radical (unpaired) electrons. The van der Waals surface area contributed by atoms with Crippen LogP contribution in [0.1, 0.15) is 18.0 Å². The van der Waals surface area contributed by atoms with Crippen LogP contribution in [0.15, 0.2) is 16.6 Å². The number of rotatable bonds is 4. The summed E-state index contributed by atoms with van der Waals surface area (Å²) < 4.78 is 10.2. The van der Waals surface area contributed by atoms with Gasteiger partial charge in [-0.3, -0.25) is 4.79 Å². The van der Waals surface area contributed by atoms with Crippen molar-refractivity contribution in [2.75, 3.05) is 14.2 Å². The second kappa shape index (κ2) is 5.88. The molecule has 0 saturated heterocycles. The van der Waals surface area contributed by atoms with E-state index >= 15 is 0 Å². The number of hydrogen-bond acceptors (Lipinski definition) is 5. The van der Waals surface area contributed by atoms with Crippen LogP contribution >= 0.6 is 15.9 Å². The summed E-state index contributed by atoms with van der Waals surface area (Å²) in [6.07, 6.45) is -0.0103. The van der Waals surface area contributed by atoms with Gasteiger partial charge in [0, 0.05) is 16.1 Å². The molecule has 1 atom stereocenters. The molecule has 1 rings (SSSR count). The normalized spacial score (nSPS) is 12.0. The third-order valence-corrected chi connectivity index (χ3v) is 2.76. The van der Waals surface area contributed by atoms with Gasteiger partial charge in [0.15, 0.2) is 11.5 Å². The lowest BCUT2D eigenvalue weighted by atomic mass is 10.0. The number of aromatic hydroxyl groups is 1. The van der Waals surface area contributed by atoms with E-state index in [4.69, 9.17) is 10.5 Å². The summed E-state index contributed by atoms with van der Waals surface area (Å²) in [6, 6.07) is 2.61. The molecule has 0 aliphatic rings. The van der Waals surface area contributed by atoms with Crippen molar-refractivity contribution in [3.05, 3.63) is 22.2 Å². The summed E-state index contributed by atoms with van der Waals surface area (Å²) in [6.45, 7) is 0. The van der Waals surface area contributed by atoms with E-state index in [1.165, 1.54) is 14.2 Å². The predicted octanol–water partition coefficient (Wildman–Crippen LogP) is 1.73. The van der Waals surface area contributed by atoms with E-state index in [1.807, 2.05) is 0 Å². The van der Waals surface area contributed by atoms with E-state index in [2.05, 4.69) is 20.7 Å². The van der Waals surface area contributed by atoms with Crippen LogP contribution in [-0.4, -0.2) is 25.3 Å². The first-order valence-electron chi connectivity index (χ1n) is 4.88. The molecular weight excluding hydrogens is 290 g/mol. The zero-order valence-corrected chi connectivity index (χ0v) is 11.2. The van der Waals surface area contributed by atoms with E-state index in [9.17, 15) is 9.90 Å². The quantitative estimate of drug-likeness (QED) is 0.828. The van der Waals surface area contributed by atoms with Crippen molar-refractivity contribution in [3.63, 3.8) is 0 Å². The molecule has 1 aromatic carbocycles.